The van der Waals surface area contributed by atoms with Crippen molar-refractivity contribution < 1.29 is 14.3 Å². The molecule has 0 bridgehead atoms. The molecule has 1 aromatic carbocycles. The second-order valence-electron chi connectivity index (χ2n) is 6.00. The molecule has 5 nitrogen and oxygen atoms in total. The number of nitrogens with one attached hydrogen (secondary N) is 2. The van der Waals surface area contributed by atoms with E-state index in [4.69, 9.17) is 4.74 Å². The van der Waals surface area contributed by atoms with Crippen molar-refractivity contribution in [3.05, 3.63) is 51.7 Å². The van der Waals surface area contributed by atoms with Crippen molar-refractivity contribution in [1.29, 1.82) is 0 Å². The number of fused-ring (bicyclic) bond motifs is 1. The van der Waals surface area contributed by atoms with Crippen LogP contribution in [0.1, 0.15) is 34.3 Å². The Kier molecular flexibility index (Phi) is 6.06. The van der Waals surface area contributed by atoms with Crippen LogP contribution >= 0.6 is 11.3 Å². The lowest BCUT2D eigenvalue weighted by molar-refractivity contribution is -0.121. The van der Waals surface area contributed by atoms with E-state index in [0.29, 0.717) is 25.3 Å². The number of amides is 2. The maximum Gasteiger partial charge on any atom is 0.252 e. The van der Waals surface area contributed by atoms with Crippen LogP contribution in [-0.2, 0) is 17.6 Å². The number of rotatable bonds is 8. The number of thiophene rings is 1. The number of hydrogen-bond acceptors (Lipinski definition) is 4. The number of carbonyl (C=O) groups excluding carboxylic acids is 2. The van der Waals surface area contributed by atoms with Crippen molar-refractivity contribution in [1.82, 2.24) is 10.6 Å². The summed E-state index contributed by atoms with van der Waals surface area (Å²) in [5, 5.41) is 9.17. The van der Waals surface area contributed by atoms with Gasteiger partial charge in [0, 0.05) is 23.9 Å². The number of ether oxygens (including phenoxy) is 1. The molecule has 1 aliphatic carbocycles. The van der Waals surface area contributed by atoms with Gasteiger partial charge in [-0.15, -0.1) is 0 Å². The molecule has 1 aliphatic rings. The van der Waals surface area contributed by atoms with Crippen LogP contribution in [0, 0.1) is 0 Å². The number of carbonyl (C=O) groups is 2. The molecule has 6 heteroatoms. The molecular weight excluding hydrogens is 336 g/mol. The van der Waals surface area contributed by atoms with E-state index in [-0.39, 0.29) is 18.2 Å². The van der Waals surface area contributed by atoms with E-state index in [1.165, 1.54) is 28.9 Å². The smallest absolute Gasteiger partial charge is 0.252 e. The predicted octanol–water partition coefficient (Wildman–Crippen LogP) is 2.55. The normalized spacial score (nSPS) is 12.5. The fourth-order valence-corrected chi connectivity index (χ4v) is 3.51. The van der Waals surface area contributed by atoms with Gasteiger partial charge in [-0.2, -0.15) is 11.3 Å². The van der Waals surface area contributed by atoms with Crippen molar-refractivity contribution in [2.24, 2.45) is 0 Å². The van der Waals surface area contributed by atoms with Gasteiger partial charge in [-0.1, -0.05) is 6.07 Å². The molecule has 2 aromatic rings. The molecule has 0 saturated carbocycles. The second-order valence-corrected chi connectivity index (χ2v) is 6.78. The minimum atomic E-state index is -0.144. The molecule has 1 heterocycles. The molecule has 132 valence electrons. The average Bonchev–Trinajstić information content (AvgIpc) is 3.29. The molecule has 2 amide bonds. The fraction of sp³-hybridized carbons (Fsp3) is 0.368. The third kappa shape index (κ3) is 5.06. The van der Waals surface area contributed by atoms with Crippen LogP contribution in [0.2, 0.25) is 0 Å². The molecule has 0 atom stereocenters. The standard InChI is InChI=1S/C19H22N2O3S/c22-18(6-8-21-19(23)16-7-11-25-13-16)20-9-10-24-17-5-4-14-2-1-3-15(14)12-17/h4-5,7,11-13H,1-3,6,8-10H2,(H,20,22)(H,21,23). The number of hydrogen-bond donors (Lipinski definition) is 2. The van der Waals surface area contributed by atoms with E-state index in [0.717, 1.165) is 18.6 Å². The lowest BCUT2D eigenvalue weighted by atomic mass is 10.1. The number of aryl methyl sites for hydroxylation is 2. The summed E-state index contributed by atoms with van der Waals surface area (Å²) in [7, 11) is 0. The van der Waals surface area contributed by atoms with E-state index in [1.807, 2.05) is 11.4 Å². The summed E-state index contributed by atoms with van der Waals surface area (Å²) in [5.74, 6) is 0.620. The van der Waals surface area contributed by atoms with Gasteiger partial charge in [0.1, 0.15) is 12.4 Å². The van der Waals surface area contributed by atoms with Crippen molar-refractivity contribution in [2.45, 2.75) is 25.7 Å². The van der Waals surface area contributed by atoms with Crippen LogP contribution in [0.4, 0.5) is 0 Å². The van der Waals surface area contributed by atoms with Gasteiger partial charge < -0.3 is 15.4 Å². The van der Waals surface area contributed by atoms with Crippen LogP contribution in [0.15, 0.2) is 35.0 Å². The van der Waals surface area contributed by atoms with Crippen molar-refractivity contribution in [2.75, 3.05) is 19.7 Å². The van der Waals surface area contributed by atoms with Gasteiger partial charge in [0.2, 0.25) is 5.91 Å². The van der Waals surface area contributed by atoms with Crippen LogP contribution in [0.5, 0.6) is 5.75 Å². The summed E-state index contributed by atoms with van der Waals surface area (Å²) in [6.45, 7) is 1.21. The summed E-state index contributed by atoms with van der Waals surface area (Å²) >= 11 is 1.47. The maximum absolute atomic E-state index is 11.8. The molecule has 2 N–H and O–H groups in total. The lowest BCUT2D eigenvalue weighted by Gasteiger charge is -2.09. The first-order chi connectivity index (χ1) is 12.2. The molecule has 0 aliphatic heterocycles. The van der Waals surface area contributed by atoms with E-state index < -0.39 is 0 Å². The maximum atomic E-state index is 11.8. The van der Waals surface area contributed by atoms with Crippen LogP contribution in [0.25, 0.3) is 0 Å². The quantitative estimate of drug-likeness (QED) is 0.713. The molecule has 0 radical (unpaired) electrons. The number of benzene rings is 1. The molecule has 0 spiro atoms. The lowest BCUT2D eigenvalue weighted by Crippen LogP contribution is -2.32. The Hall–Kier alpha value is -2.34. The summed E-state index contributed by atoms with van der Waals surface area (Å²) < 4.78 is 5.69. The minimum Gasteiger partial charge on any atom is -0.492 e. The first-order valence-electron chi connectivity index (χ1n) is 8.54. The van der Waals surface area contributed by atoms with Crippen molar-refractivity contribution >= 4 is 23.2 Å². The van der Waals surface area contributed by atoms with Crippen molar-refractivity contribution in [3.8, 4) is 5.75 Å². The molecule has 0 unspecified atom stereocenters. The van der Waals surface area contributed by atoms with Gasteiger partial charge in [-0.05, 0) is 54.0 Å². The highest BCUT2D eigenvalue weighted by atomic mass is 32.1. The average molecular weight is 358 g/mol. The first kappa shape index (κ1) is 17.5. The summed E-state index contributed by atoms with van der Waals surface area (Å²) in [5.41, 5.74) is 3.43. The zero-order valence-electron chi connectivity index (χ0n) is 14.0. The SMILES string of the molecule is O=C(CCNC(=O)c1ccsc1)NCCOc1ccc2c(c1)CCC2. The van der Waals surface area contributed by atoms with Gasteiger partial charge in [-0.3, -0.25) is 9.59 Å². The minimum absolute atomic E-state index is 0.0943. The fourth-order valence-electron chi connectivity index (χ4n) is 2.87. The Bertz CT molecular complexity index is 728. The Labute approximate surface area is 151 Å². The summed E-state index contributed by atoms with van der Waals surface area (Å²) in [6, 6.07) is 7.98. The Morgan fingerprint density at radius 3 is 2.80 bits per heavy atom. The first-order valence-corrected chi connectivity index (χ1v) is 9.48. The highest BCUT2D eigenvalue weighted by Crippen LogP contribution is 2.25. The monoisotopic (exact) mass is 358 g/mol. The second kappa shape index (κ2) is 8.67. The Morgan fingerprint density at radius 2 is 1.96 bits per heavy atom. The van der Waals surface area contributed by atoms with Gasteiger partial charge in [0.05, 0.1) is 6.54 Å². The van der Waals surface area contributed by atoms with Gasteiger partial charge >= 0.3 is 0 Å². The van der Waals surface area contributed by atoms with Gasteiger partial charge in [0.25, 0.3) is 5.91 Å². The van der Waals surface area contributed by atoms with Crippen LogP contribution in [-0.4, -0.2) is 31.5 Å². The molecular formula is C19H22N2O3S. The topological polar surface area (TPSA) is 67.4 Å². The third-order valence-corrected chi connectivity index (χ3v) is 4.87. The summed E-state index contributed by atoms with van der Waals surface area (Å²) in [4.78, 5) is 23.5. The van der Waals surface area contributed by atoms with E-state index in [2.05, 4.69) is 22.8 Å². The zero-order chi connectivity index (χ0) is 17.5. The third-order valence-electron chi connectivity index (χ3n) is 4.18. The van der Waals surface area contributed by atoms with Crippen LogP contribution < -0.4 is 15.4 Å². The predicted molar refractivity (Wildman–Crippen MR) is 98.2 cm³/mol. The summed E-state index contributed by atoms with van der Waals surface area (Å²) in [6.07, 6.45) is 3.77. The van der Waals surface area contributed by atoms with Gasteiger partial charge in [0.15, 0.2) is 0 Å². The molecule has 25 heavy (non-hydrogen) atoms. The molecule has 0 saturated heterocycles. The Balaban J connectivity index is 1.28. The Morgan fingerprint density at radius 1 is 1.08 bits per heavy atom. The van der Waals surface area contributed by atoms with Crippen molar-refractivity contribution in [3.63, 3.8) is 0 Å². The largest absolute Gasteiger partial charge is 0.492 e. The zero-order valence-corrected chi connectivity index (χ0v) is 14.9. The highest BCUT2D eigenvalue weighted by molar-refractivity contribution is 7.08. The highest BCUT2D eigenvalue weighted by Gasteiger charge is 2.11. The molecule has 0 fully saturated rings. The van der Waals surface area contributed by atoms with Crippen LogP contribution in [0.3, 0.4) is 0 Å². The van der Waals surface area contributed by atoms with E-state index in [9.17, 15) is 9.59 Å². The molecule has 1 aromatic heterocycles. The van der Waals surface area contributed by atoms with E-state index in [1.54, 1.807) is 11.4 Å². The molecule has 3 rings (SSSR count). The van der Waals surface area contributed by atoms with E-state index >= 15 is 0 Å². The van der Waals surface area contributed by atoms with Gasteiger partial charge in [-0.25, -0.2) is 0 Å².